The Morgan fingerprint density at radius 3 is 2.97 bits per heavy atom. The minimum atomic E-state index is -0.179. The first-order valence-corrected chi connectivity index (χ1v) is 12.0. The minimum Gasteiger partial charge on any atom is -0.353 e. The fraction of sp³-hybridized carbons (Fsp3) is 0.478. The summed E-state index contributed by atoms with van der Waals surface area (Å²) in [5.41, 5.74) is 1.12. The third-order valence-corrected chi connectivity index (χ3v) is 7.48. The Morgan fingerprint density at radius 2 is 2.19 bits per heavy atom. The van der Waals surface area contributed by atoms with Gasteiger partial charge in [0.25, 0.3) is 0 Å². The van der Waals surface area contributed by atoms with Crippen LogP contribution in [0.1, 0.15) is 29.7 Å². The van der Waals surface area contributed by atoms with Gasteiger partial charge < -0.3 is 10.6 Å². The Labute approximate surface area is 192 Å². The van der Waals surface area contributed by atoms with E-state index in [2.05, 4.69) is 33.5 Å². The van der Waals surface area contributed by atoms with Crippen LogP contribution in [0.15, 0.2) is 41.8 Å². The van der Waals surface area contributed by atoms with Crippen LogP contribution in [0.4, 0.5) is 0 Å². The number of halogens is 1. The summed E-state index contributed by atoms with van der Waals surface area (Å²) in [4.78, 5) is 31.0. The van der Waals surface area contributed by atoms with Crippen molar-refractivity contribution in [3.63, 3.8) is 0 Å². The highest BCUT2D eigenvalue weighted by molar-refractivity contribution is 7.09. The molecule has 2 aliphatic heterocycles. The third kappa shape index (κ3) is 5.47. The summed E-state index contributed by atoms with van der Waals surface area (Å²) in [6, 6.07) is 12.0. The van der Waals surface area contributed by atoms with Crippen molar-refractivity contribution in [3.8, 4) is 0 Å². The van der Waals surface area contributed by atoms with Crippen molar-refractivity contribution in [1.29, 1.82) is 0 Å². The lowest BCUT2D eigenvalue weighted by molar-refractivity contribution is -0.126. The monoisotopic (exact) mass is 460 g/mol. The minimum absolute atomic E-state index is 0.0583. The molecule has 2 aromatic rings. The molecule has 2 fully saturated rings. The molecule has 1 aromatic carbocycles. The van der Waals surface area contributed by atoms with Gasteiger partial charge in [-0.05, 0) is 49.0 Å². The Kier molecular flexibility index (Phi) is 7.27. The molecule has 2 saturated heterocycles. The van der Waals surface area contributed by atoms with Crippen LogP contribution in [-0.2, 0) is 22.7 Å². The summed E-state index contributed by atoms with van der Waals surface area (Å²) < 4.78 is 0. The molecular formula is C23H29ClN4O2S. The van der Waals surface area contributed by atoms with Crippen LogP contribution >= 0.6 is 22.9 Å². The van der Waals surface area contributed by atoms with Crippen molar-refractivity contribution in [2.45, 2.75) is 50.5 Å². The van der Waals surface area contributed by atoms with Gasteiger partial charge in [-0.15, -0.1) is 11.3 Å². The fourth-order valence-electron chi connectivity index (χ4n) is 4.68. The van der Waals surface area contributed by atoms with E-state index in [1.54, 1.807) is 11.3 Å². The Morgan fingerprint density at radius 1 is 1.32 bits per heavy atom. The van der Waals surface area contributed by atoms with Crippen LogP contribution in [0.5, 0.6) is 0 Å². The van der Waals surface area contributed by atoms with Crippen molar-refractivity contribution in [2.24, 2.45) is 0 Å². The molecule has 0 unspecified atom stereocenters. The van der Waals surface area contributed by atoms with Crippen LogP contribution in [0.2, 0.25) is 5.02 Å². The highest BCUT2D eigenvalue weighted by Gasteiger charge is 2.44. The quantitative estimate of drug-likeness (QED) is 0.666. The van der Waals surface area contributed by atoms with Crippen LogP contribution in [-0.4, -0.2) is 59.9 Å². The van der Waals surface area contributed by atoms with Crippen LogP contribution in [0.25, 0.3) is 0 Å². The van der Waals surface area contributed by atoms with Gasteiger partial charge in [0, 0.05) is 48.0 Å². The summed E-state index contributed by atoms with van der Waals surface area (Å²) in [6.07, 6.45) is 2.13. The lowest BCUT2D eigenvalue weighted by Crippen LogP contribution is -2.49. The topological polar surface area (TPSA) is 64.7 Å². The van der Waals surface area contributed by atoms with E-state index in [-0.39, 0.29) is 29.9 Å². The van der Waals surface area contributed by atoms with Crippen molar-refractivity contribution in [1.82, 2.24) is 20.4 Å². The van der Waals surface area contributed by atoms with E-state index < -0.39 is 0 Å². The molecule has 0 bridgehead atoms. The van der Waals surface area contributed by atoms with Crippen molar-refractivity contribution in [2.75, 3.05) is 20.1 Å². The number of likely N-dealkylation sites (N-methyl/N-ethyl adjacent to an activating group) is 1. The lowest BCUT2D eigenvalue weighted by atomic mass is 10.0. The number of carbonyl (C=O) groups excluding carboxylic acids is 2. The van der Waals surface area contributed by atoms with Crippen LogP contribution in [0, 0.1) is 0 Å². The van der Waals surface area contributed by atoms with E-state index in [1.807, 2.05) is 35.7 Å². The molecule has 2 N–H and O–H groups in total. The van der Waals surface area contributed by atoms with Gasteiger partial charge in [0.05, 0.1) is 6.54 Å². The number of likely N-dealkylation sites (tertiary alicyclic amines) is 1. The van der Waals surface area contributed by atoms with Crippen LogP contribution in [0.3, 0.4) is 0 Å². The molecule has 4 rings (SSSR count). The van der Waals surface area contributed by atoms with E-state index in [4.69, 9.17) is 11.6 Å². The number of carbonyl (C=O) groups is 2. The van der Waals surface area contributed by atoms with Gasteiger partial charge in [0.15, 0.2) is 0 Å². The number of fused-ring (bicyclic) bond motifs is 1. The number of benzene rings is 1. The summed E-state index contributed by atoms with van der Waals surface area (Å²) in [7, 11) is 2.09. The average Bonchev–Trinajstić information content (AvgIpc) is 3.39. The van der Waals surface area contributed by atoms with E-state index >= 15 is 0 Å². The molecule has 2 aliphatic rings. The first-order chi connectivity index (χ1) is 15.0. The standard InChI is InChI=1S/C23H29ClN4O2S/c1-27-18(7-8-21(29)25-14-19-6-3-11-31-19)13-26-23(30)22-20(27)9-10-28(22)15-16-4-2-5-17(24)12-16/h2-6,11-12,18,20,22H,7-10,13-15H2,1H3,(H,25,29)(H,26,30)/t18-,20+,22-/m0/s1. The zero-order valence-corrected chi connectivity index (χ0v) is 19.3. The maximum absolute atomic E-state index is 12.9. The molecule has 6 nitrogen and oxygen atoms in total. The second-order valence-corrected chi connectivity index (χ2v) is 9.83. The predicted molar refractivity (Wildman–Crippen MR) is 124 cm³/mol. The molecule has 166 valence electrons. The Hall–Kier alpha value is -1.93. The van der Waals surface area contributed by atoms with Gasteiger partial charge in [-0.2, -0.15) is 0 Å². The van der Waals surface area contributed by atoms with Gasteiger partial charge in [0.2, 0.25) is 11.8 Å². The summed E-state index contributed by atoms with van der Waals surface area (Å²) >= 11 is 7.78. The van der Waals surface area contributed by atoms with Gasteiger partial charge in [-0.1, -0.05) is 29.8 Å². The summed E-state index contributed by atoms with van der Waals surface area (Å²) in [6.45, 7) is 2.73. The number of hydrogen-bond donors (Lipinski definition) is 2. The average molecular weight is 461 g/mol. The van der Waals surface area contributed by atoms with Crippen molar-refractivity contribution >= 4 is 34.8 Å². The number of rotatable bonds is 7. The molecule has 31 heavy (non-hydrogen) atoms. The highest BCUT2D eigenvalue weighted by Crippen LogP contribution is 2.29. The smallest absolute Gasteiger partial charge is 0.239 e. The summed E-state index contributed by atoms with van der Waals surface area (Å²) in [5.74, 6) is 0.143. The van der Waals surface area contributed by atoms with E-state index in [1.165, 1.54) is 0 Å². The molecular weight excluding hydrogens is 432 g/mol. The first-order valence-electron chi connectivity index (χ1n) is 10.8. The zero-order valence-electron chi connectivity index (χ0n) is 17.7. The molecule has 0 radical (unpaired) electrons. The van der Waals surface area contributed by atoms with Gasteiger partial charge >= 0.3 is 0 Å². The number of amides is 2. The number of nitrogens with zero attached hydrogens (tertiary/aromatic N) is 2. The van der Waals surface area contributed by atoms with Crippen LogP contribution < -0.4 is 10.6 Å². The number of nitrogens with one attached hydrogen (secondary N) is 2. The van der Waals surface area contributed by atoms with Crippen molar-refractivity contribution in [3.05, 3.63) is 57.2 Å². The fourth-order valence-corrected chi connectivity index (χ4v) is 5.54. The van der Waals surface area contributed by atoms with Gasteiger partial charge in [0.1, 0.15) is 6.04 Å². The van der Waals surface area contributed by atoms with E-state index in [0.717, 1.165) is 29.8 Å². The predicted octanol–water partition coefficient (Wildman–Crippen LogP) is 2.87. The second-order valence-electron chi connectivity index (χ2n) is 8.36. The van der Waals surface area contributed by atoms with E-state index in [9.17, 15) is 9.59 Å². The van der Waals surface area contributed by atoms with E-state index in [0.29, 0.717) is 31.1 Å². The Bertz CT molecular complexity index is 907. The molecule has 0 spiro atoms. The zero-order chi connectivity index (χ0) is 21.8. The highest BCUT2D eigenvalue weighted by atomic mass is 35.5. The molecule has 0 saturated carbocycles. The maximum atomic E-state index is 12.9. The molecule has 0 aliphatic carbocycles. The number of thiophene rings is 1. The molecule has 1 aromatic heterocycles. The first kappa shape index (κ1) is 22.3. The van der Waals surface area contributed by atoms with Gasteiger partial charge in [-0.25, -0.2) is 0 Å². The third-order valence-electron chi connectivity index (χ3n) is 6.37. The molecule has 2 amide bonds. The SMILES string of the molecule is CN1[C@@H](CCC(=O)NCc2cccs2)CNC(=O)[C@@H]2[C@H]1CCN2Cc1cccc(Cl)c1. The summed E-state index contributed by atoms with van der Waals surface area (Å²) in [5, 5.41) is 8.85. The molecule has 8 heteroatoms. The number of hydrogen-bond acceptors (Lipinski definition) is 5. The molecule has 3 atom stereocenters. The largest absolute Gasteiger partial charge is 0.353 e. The van der Waals surface area contributed by atoms with Gasteiger partial charge in [-0.3, -0.25) is 19.4 Å². The molecule has 3 heterocycles. The lowest BCUT2D eigenvalue weighted by Gasteiger charge is -2.33. The maximum Gasteiger partial charge on any atom is 0.239 e. The van der Waals surface area contributed by atoms with Crippen molar-refractivity contribution < 1.29 is 9.59 Å². The normalized spacial score (nSPS) is 24.5. The Balaban J connectivity index is 1.34. The second kappa shape index (κ2) is 10.1.